The van der Waals surface area contributed by atoms with Crippen LogP contribution >= 0.6 is 11.6 Å². The first-order valence-corrected chi connectivity index (χ1v) is 7.29. The maximum absolute atomic E-state index is 11.6. The second-order valence-corrected chi connectivity index (χ2v) is 5.22. The van der Waals surface area contributed by atoms with Crippen LogP contribution < -0.4 is 10.2 Å². The zero-order chi connectivity index (χ0) is 17.5. The molecule has 8 heteroatoms. The molecule has 0 aliphatic heterocycles. The van der Waals surface area contributed by atoms with E-state index in [0.29, 0.717) is 21.9 Å². The van der Waals surface area contributed by atoms with E-state index in [9.17, 15) is 14.9 Å². The quantitative estimate of drug-likeness (QED) is 0.493. The van der Waals surface area contributed by atoms with E-state index in [1.165, 1.54) is 12.3 Å². The maximum Gasteiger partial charge on any atom is 0.277 e. The second kappa shape index (κ2) is 8.07. The predicted molar refractivity (Wildman–Crippen MR) is 90.5 cm³/mol. The Morgan fingerprint density at radius 1 is 1.38 bits per heavy atom. The molecule has 0 aliphatic carbocycles. The van der Waals surface area contributed by atoms with Gasteiger partial charge in [0.2, 0.25) is 0 Å². The lowest BCUT2D eigenvalue weighted by Crippen LogP contribution is -2.24. The van der Waals surface area contributed by atoms with Crippen molar-refractivity contribution in [3.63, 3.8) is 0 Å². The number of nitro benzene ring substituents is 1. The van der Waals surface area contributed by atoms with Crippen molar-refractivity contribution in [2.75, 3.05) is 6.61 Å². The number of ether oxygens (including phenoxy) is 1. The van der Waals surface area contributed by atoms with Crippen LogP contribution in [-0.2, 0) is 4.79 Å². The molecule has 0 bridgehead atoms. The van der Waals surface area contributed by atoms with Crippen molar-refractivity contribution >= 4 is 29.4 Å². The average molecular weight is 348 g/mol. The number of carbonyl (C=O) groups excluding carboxylic acids is 1. The van der Waals surface area contributed by atoms with Crippen LogP contribution in [0.4, 0.5) is 5.69 Å². The fourth-order valence-corrected chi connectivity index (χ4v) is 2.01. The molecule has 0 saturated carbocycles. The minimum absolute atomic E-state index is 0.00710. The van der Waals surface area contributed by atoms with Gasteiger partial charge in [-0.3, -0.25) is 14.9 Å². The van der Waals surface area contributed by atoms with Gasteiger partial charge in [-0.2, -0.15) is 5.10 Å². The van der Waals surface area contributed by atoms with Crippen molar-refractivity contribution in [1.82, 2.24) is 5.43 Å². The van der Waals surface area contributed by atoms with Crippen molar-refractivity contribution in [2.45, 2.75) is 6.92 Å². The lowest BCUT2D eigenvalue weighted by molar-refractivity contribution is -0.385. The van der Waals surface area contributed by atoms with E-state index in [1.54, 1.807) is 43.3 Å². The highest BCUT2D eigenvalue weighted by Gasteiger charge is 2.10. The van der Waals surface area contributed by atoms with Crippen molar-refractivity contribution in [3.05, 3.63) is 68.7 Å². The molecule has 0 heterocycles. The lowest BCUT2D eigenvalue weighted by Gasteiger charge is -2.06. The van der Waals surface area contributed by atoms with Crippen LogP contribution in [0.2, 0.25) is 5.02 Å². The van der Waals surface area contributed by atoms with Crippen LogP contribution in [0, 0.1) is 17.0 Å². The highest BCUT2D eigenvalue weighted by atomic mass is 35.5. The molecule has 0 saturated heterocycles. The minimum atomic E-state index is -0.479. The summed E-state index contributed by atoms with van der Waals surface area (Å²) in [6.07, 6.45) is 1.32. The smallest absolute Gasteiger partial charge is 0.277 e. The molecule has 0 aromatic heterocycles. The summed E-state index contributed by atoms with van der Waals surface area (Å²) in [5, 5.41) is 15.0. The molecule has 1 N–H and O–H groups in total. The first kappa shape index (κ1) is 17.4. The van der Waals surface area contributed by atoms with Crippen molar-refractivity contribution in [2.24, 2.45) is 5.10 Å². The number of benzene rings is 2. The van der Waals surface area contributed by atoms with Crippen molar-refractivity contribution < 1.29 is 14.5 Å². The number of rotatable bonds is 6. The third-order valence-electron chi connectivity index (χ3n) is 3.03. The highest BCUT2D eigenvalue weighted by molar-refractivity contribution is 6.32. The number of nitrogens with one attached hydrogen (secondary N) is 1. The van der Waals surface area contributed by atoms with Crippen molar-refractivity contribution in [1.29, 1.82) is 0 Å². The van der Waals surface area contributed by atoms with E-state index in [0.717, 1.165) is 0 Å². The number of halogens is 1. The molecule has 0 radical (unpaired) electrons. The van der Waals surface area contributed by atoms with E-state index < -0.39 is 10.8 Å². The Bertz CT molecular complexity index is 793. The Morgan fingerprint density at radius 3 is 2.83 bits per heavy atom. The van der Waals surface area contributed by atoms with Crippen LogP contribution in [0.25, 0.3) is 0 Å². The summed E-state index contributed by atoms with van der Waals surface area (Å²) in [4.78, 5) is 22.0. The largest absolute Gasteiger partial charge is 0.482 e. The average Bonchev–Trinajstić information content (AvgIpc) is 2.55. The van der Waals surface area contributed by atoms with E-state index in [-0.39, 0.29) is 12.3 Å². The van der Waals surface area contributed by atoms with E-state index >= 15 is 0 Å². The Balaban J connectivity index is 1.90. The molecule has 7 nitrogen and oxygen atoms in total. The van der Waals surface area contributed by atoms with Gasteiger partial charge in [0, 0.05) is 17.2 Å². The van der Waals surface area contributed by atoms with Crippen LogP contribution in [0.1, 0.15) is 11.1 Å². The van der Waals surface area contributed by atoms with Crippen molar-refractivity contribution in [3.8, 4) is 5.75 Å². The van der Waals surface area contributed by atoms with Gasteiger partial charge in [-0.05, 0) is 19.1 Å². The molecular weight excluding hydrogens is 334 g/mol. The summed E-state index contributed by atoms with van der Waals surface area (Å²) in [6.45, 7) is 1.39. The van der Waals surface area contributed by atoms with E-state index in [2.05, 4.69) is 10.5 Å². The summed E-state index contributed by atoms with van der Waals surface area (Å²) < 4.78 is 5.26. The van der Waals surface area contributed by atoms with Gasteiger partial charge < -0.3 is 4.74 Å². The zero-order valence-corrected chi connectivity index (χ0v) is 13.5. The molecule has 0 atom stereocenters. The molecule has 1 amide bonds. The van der Waals surface area contributed by atoms with Gasteiger partial charge in [-0.15, -0.1) is 0 Å². The molecule has 0 aliphatic rings. The summed E-state index contributed by atoms with van der Waals surface area (Å²) in [5.74, 6) is -0.0831. The van der Waals surface area contributed by atoms with Crippen LogP contribution in [0.5, 0.6) is 5.75 Å². The number of hydrazone groups is 1. The Labute approximate surface area is 143 Å². The highest BCUT2D eigenvalue weighted by Crippen LogP contribution is 2.22. The molecule has 0 fully saturated rings. The number of amides is 1. The first-order chi connectivity index (χ1) is 11.5. The topological polar surface area (TPSA) is 93.8 Å². The number of hydrogen-bond donors (Lipinski definition) is 1. The SMILES string of the molecule is Cc1ccc(/C=N\NC(=O)COc2ccccc2Cl)cc1[N+](=O)[O-]. The molecule has 24 heavy (non-hydrogen) atoms. The summed E-state index contributed by atoms with van der Waals surface area (Å²) in [7, 11) is 0. The molecule has 124 valence electrons. The number of aryl methyl sites for hydroxylation is 1. The number of nitro groups is 1. The monoisotopic (exact) mass is 347 g/mol. The minimum Gasteiger partial charge on any atom is -0.482 e. The molecule has 0 spiro atoms. The Kier molecular flexibility index (Phi) is 5.86. The molecule has 2 aromatic carbocycles. The Morgan fingerprint density at radius 2 is 2.12 bits per heavy atom. The number of nitrogens with zero attached hydrogens (tertiary/aromatic N) is 2. The number of para-hydroxylation sites is 1. The van der Waals surface area contributed by atoms with Crippen LogP contribution in [-0.4, -0.2) is 23.7 Å². The zero-order valence-electron chi connectivity index (χ0n) is 12.7. The third kappa shape index (κ3) is 4.79. The van der Waals surface area contributed by atoms with Gasteiger partial charge in [0.05, 0.1) is 16.2 Å². The fourth-order valence-electron chi connectivity index (χ4n) is 1.82. The fraction of sp³-hybridized carbons (Fsp3) is 0.125. The molecule has 0 unspecified atom stereocenters. The predicted octanol–water partition coefficient (Wildman–Crippen LogP) is 3.09. The van der Waals surface area contributed by atoms with Gasteiger partial charge in [-0.1, -0.05) is 35.9 Å². The lowest BCUT2D eigenvalue weighted by atomic mass is 10.1. The summed E-state index contributed by atoms with van der Waals surface area (Å²) in [6, 6.07) is 11.4. The van der Waals surface area contributed by atoms with E-state index in [4.69, 9.17) is 16.3 Å². The Hall–Kier alpha value is -2.93. The van der Waals surface area contributed by atoms with Gasteiger partial charge in [0.15, 0.2) is 6.61 Å². The maximum atomic E-state index is 11.6. The number of hydrogen-bond acceptors (Lipinski definition) is 5. The number of carbonyl (C=O) groups is 1. The van der Waals surface area contributed by atoms with Gasteiger partial charge >= 0.3 is 0 Å². The molecular formula is C16H14ClN3O4. The standard InChI is InChI=1S/C16H14ClN3O4/c1-11-6-7-12(8-14(11)20(22)23)9-18-19-16(21)10-24-15-5-3-2-4-13(15)17/h2-9H,10H2,1H3,(H,19,21)/b18-9-. The molecule has 2 aromatic rings. The van der Waals surface area contributed by atoms with Crippen LogP contribution in [0.15, 0.2) is 47.6 Å². The van der Waals surface area contributed by atoms with Gasteiger partial charge in [0.1, 0.15) is 5.75 Å². The van der Waals surface area contributed by atoms with Crippen LogP contribution in [0.3, 0.4) is 0 Å². The van der Waals surface area contributed by atoms with E-state index in [1.807, 2.05) is 0 Å². The molecule has 2 rings (SSSR count). The third-order valence-corrected chi connectivity index (χ3v) is 3.34. The summed E-state index contributed by atoms with van der Waals surface area (Å²) >= 11 is 5.90. The van der Waals surface area contributed by atoms with Gasteiger partial charge in [-0.25, -0.2) is 5.43 Å². The normalized spacial score (nSPS) is 10.6. The summed E-state index contributed by atoms with van der Waals surface area (Å²) in [5.41, 5.74) is 3.32. The first-order valence-electron chi connectivity index (χ1n) is 6.91. The van der Waals surface area contributed by atoms with Gasteiger partial charge in [0.25, 0.3) is 11.6 Å². The second-order valence-electron chi connectivity index (χ2n) is 4.82.